The van der Waals surface area contributed by atoms with Crippen LogP contribution in [0.5, 0.6) is 11.5 Å². The van der Waals surface area contributed by atoms with Crippen molar-refractivity contribution in [3.63, 3.8) is 0 Å². The molecule has 0 fully saturated rings. The SMILES string of the molecule is CCNCCCNCc1ccc(OCc2ccc(F)cc2)c(OC)c1. The molecule has 25 heavy (non-hydrogen) atoms. The van der Waals surface area contributed by atoms with Crippen molar-refractivity contribution >= 4 is 0 Å². The monoisotopic (exact) mass is 346 g/mol. The van der Waals surface area contributed by atoms with Crippen molar-refractivity contribution in [2.75, 3.05) is 26.7 Å². The van der Waals surface area contributed by atoms with Gasteiger partial charge in [0.15, 0.2) is 11.5 Å². The highest BCUT2D eigenvalue weighted by atomic mass is 19.1. The molecule has 0 radical (unpaired) electrons. The van der Waals surface area contributed by atoms with Crippen LogP contribution in [0.1, 0.15) is 24.5 Å². The first-order valence-electron chi connectivity index (χ1n) is 8.68. The van der Waals surface area contributed by atoms with E-state index in [0.717, 1.165) is 43.7 Å². The van der Waals surface area contributed by atoms with Gasteiger partial charge >= 0.3 is 0 Å². The molecule has 0 heterocycles. The largest absolute Gasteiger partial charge is 0.493 e. The van der Waals surface area contributed by atoms with Gasteiger partial charge in [-0.1, -0.05) is 25.1 Å². The average Bonchev–Trinajstić information content (AvgIpc) is 2.64. The number of methoxy groups -OCH3 is 1. The van der Waals surface area contributed by atoms with Crippen LogP contribution in [0.4, 0.5) is 4.39 Å². The third kappa shape index (κ3) is 6.72. The summed E-state index contributed by atoms with van der Waals surface area (Å²) < 4.78 is 24.2. The van der Waals surface area contributed by atoms with Crippen molar-refractivity contribution in [1.29, 1.82) is 0 Å². The molecule has 0 amide bonds. The number of hydrogen-bond donors (Lipinski definition) is 2. The Bertz CT molecular complexity index is 632. The van der Waals surface area contributed by atoms with Gasteiger partial charge in [0.2, 0.25) is 0 Å². The number of nitrogens with one attached hydrogen (secondary N) is 2. The zero-order valence-electron chi connectivity index (χ0n) is 15.0. The molecule has 0 saturated heterocycles. The summed E-state index contributed by atoms with van der Waals surface area (Å²) in [4.78, 5) is 0. The van der Waals surface area contributed by atoms with Crippen LogP contribution in [-0.4, -0.2) is 26.7 Å². The molecule has 2 aromatic carbocycles. The van der Waals surface area contributed by atoms with E-state index in [9.17, 15) is 4.39 Å². The second kappa shape index (κ2) is 10.7. The number of halogens is 1. The van der Waals surface area contributed by atoms with E-state index < -0.39 is 0 Å². The maximum atomic E-state index is 12.9. The van der Waals surface area contributed by atoms with Crippen molar-refractivity contribution in [3.05, 3.63) is 59.4 Å². The van der Waals surface area contributed by atoms with Gasteiger partial charge in [-0.25, -0.2) is 4.39 Å². The fraction of sp³-hybridized carbons (Fsp3) is 0.400. The van der Waals surface area contributed by atoms with Crippen molar-refractivity contribution in [2.24, 2.45) is 0 Å². The van der Waals surface area contributed by atoms with E-state index in [1.54, 1.807) is 19.2 Å². The molecular weight excluding hydrogens is 319 g/mol. The Balaban J connectivity index is 1.84. The molecule has 2 N–H and O–H groups in total. The summed E-state index contributed by atoms with van der Waals surface area (Å²) in [7, 11) is 1.63. The summed E-state index contributed by atoms with van der Waals surface area (Å²) in [5, 5.41) is 6.73. The van der Waals surface area contributed by atoms with Gasteiger partial charge in [0.1, 0.15) is 12.4 Å². The van der Waals surface area contributed by atoms with E-state index in [4.69, 9.17) is 9.47 Å². The Morgan fingerprint density at radius 3 is 2.36 bits per heavy atom. The third-order valence-electron chi connectivity index (χ3n) is 3.82. The molecule has 4 nitrogen and oxygen atoms in total. The van der Waals surface area contributed by atoms with Gasteiger partial charge in [-0.3, -0.25) is 0 Å². The van der Waals surface area contributed by atoms with Gasteiger partial charge < -0.3 is 20.1 Å². The first-order valence-corrected chi connectivity index (χ1v) is 8.68. The highest BCUT2D eigenvalue weighted by Gasteiger charge is 2.06. The zero-order chi connectivity index (χ0) is 17.9. The lowest BCUT2D eigenvalue weighted by Gasteiger charge is -2.13. The molecule has 136 valence electrons. The molecule has 0 aliphatic rings. The number of hydrogen-bond acceptors (Lipinski definition) is 4. The molecule has 0 aliphatic heterocycles. The summed E-state index contributed by atoms with van der Waals surface area (Å²) in [5.41, 5.74) is 2.06. The van der Waals surface area contributed by atoms with Crippen LogP contribution in [0.15, 0.2) is 42.5 Å². The second-order valence-electron chi connectivity index (χ2n) is 5.78. The maximum Gasteiger partial charge on any atom is 0.161 e. The summed E-state index contributed by atoms with van der Waals surface area (Å²) in [6.45, 7) is 6.29. The molecule has 5 heteroatoms. The third-order valence-corrected chi connectivity index (χ3v) is 3.82. The number of ether oxygens (including phenoxy) is 2. The minimum absolute atomic E-state index is 0.247. The molecule has 2 rings (SSSR count). The lowest BCUT2D eigenvalue weighted by Crippen LogP contribution is -2.21. The van der Waals surface area contributed by atoms with Crippen molar-refractivity contribution in [1.82, 2.24) is 10.6 Å². The first-order chi connectivity index (χ1) is 12.2. The molecule has 0 aromatic heterocycles. The van der Waals surface area contributed by atoms with Gasteiger partial charge in [-0.05, 0) is 61.4 Å². The standard InChI is InChI=1S/C20H27FN2O2/c1-3-22-11-4-12-23-14-17-7-10-19(20(13-17)24-2)25-15-16-5-8-18(21)9-6-16/h5-10,13,22-23H,3-4,11-12,14-15H2,1-2H3. The van der Waals surface area contributed by atoms with Crippen molar-refractivity contribution < 1.29 is 13.9 Å². The van der Waals surface area contributed by atoms with Crippen LogP contribution < -0.4 is 20.1 Å². The molecule has 2 aromatic rings. The first kappa shape index (κ1) is 19.2. The molecule has 0 aliphatic carbocycles. The Morgan fingerprint density at radius 1 is 0.920 bits per heavy atom. The normalized spacial score (nSPS) is 10.7. The van der Waals surface area contributed by atoms with E-state index in [1.807, 2.05) is 18.2 Å². The van der Waals surface area contributed by atoms with Gasteiger partial charge in [-0.2, -0.15) is 0 Å². The smallest absolute Gasteiger partial charge is 0.161 e. The molecule has 0 spiro atoms. The fourth-order valence-corrected chi connectivity index (χ4v) is 2.43. The molecule has 0 bridgehead atoms. The van der Waals surface area contributed by atoms with Gasteiger partial charge in [0.05, 0.1) is 7.11 Å². The van der Waals surface area contributed by atoms with Gasteiger partial charge in [0.25, 0.3) is 0 Å². The zero-order valence-corrected chi connectivity index (χ0v) is 15.0. The average molecular weight is 346 g/mol. The minimum atomic E-state index is -0.247. The predicted octanol–water partition coefficient (Wildman–Crippen LogP) is 3.50. The van der Waals surface area contributed by atoms with E-state index in [1.165, 1.54) is 12.1 Å². The van der Waals surface area contributed by atoms with Gasteiger partial charge in [-0.15, -0.1) is 0 Å². The van der Waals surface area contributed by atoms with Crippen molar-refractivity contribution in [2.45, 2.75) is 26.5 Å². The van der Waals surface area contributed by atoms with Crippen LogP contribution in [-0.2, 0) is 13.2 Å². The minimum Gasteiger partial charge on any atom is -0.493 e. The Kier molecular flexibility index (Phi) is 8.22. The lowest BCUT2D eigenvalue weighted by atomic mass is 10.2. The Labute approximate surface area is 149 Å². The summed E-state index contributed by atoms with van der Waals surface area (Å²) in [6.07, 6.45) is 1.10. The van der Waals surface area contributed by atoms with Crippen LogP contribution in [0.25, 0.3) is 0 Å². The van der Waals surface area contributed by atoms with E-state index in [-0.39, 0.29) is 5.82 Å². The summed E-state index contributed by atoms with van der Waals surface area (Å²) >= 11 is 0. The van der Waals surface area contributed by atoms with Crippen molar-refractivity contribution in [3.8, 4) is 11.5 Å². The van der Waals surface area contributed by atoms with Crippen LogP contribution in [0, 0.1) is 5.82 Å². The van der Waals surface area contributed by atoms with E-state index >= 15 is 0 Å². The fourth-order valence-electron chi connectivity index (χ4n) is 2.43. The summed E-state index contributed by atoms with van der Waals surface area (Å²) in [5.74, 6) is 1.14. The highest BCUT2D eigenvalue weighted by molar-refractivity contribution is 5.43. The van der Waals surface area contributed by atoms with Crippen LogP contribution >= 0.6 is 0 Å². The molecule has 0 saturated carbocycles. The highest BCUT2D eigenvalue weighted by Crippen LogP contribution is 2.28. The molecular formula is C20H27FN2O2. The number of rotatable bonds is 11. The molecule has 0 atom stereocenters. The second-order valence-corrected chi connectivity index (χ2v) is 5.78. The lowest BCUT2D eigenvalue weighted by molar-refractivity contribution is 0.284. The van der Waals surface area contributed by atoms with E-state index in [2.05, 4.69) is 17.6 Å². The Morgan fingerprint density at radius 2 is 1.64 bits per heavy atom. The summed E-state index contributed by atoms with van der Waals surface area (Å²) in [6, 6.07) is 12.2. The maximum absolute atomic E-state index is 12.9. The van der Waals surface area contributed by atoms with E-state index in [0.29, 0.717) is 18.1 Å². The van der Waals surface area contributed by atoms with Crippen LogP contribution in [0.3, 0.4) is 0 Å². The predicted molar refractivity (Wildman–Crippen MR) is 98.6 cm³/mol. The quantitative estimate of drug-likeness (QED) is 0.611. The topological polar surface area (TPSA) is 42.5 Å². The van der Waals surface area contributed by atoms with Gasteiger partial charge in [0, 0.05) is 6.54 Å². The number of benzene rings is 2. The molecule has 0 unspecified atom stereocenters. The Hall–Kier alpha value is -2.11. The van der Waals surface area contributed by atoms with Crippen LogP contribution in [0.2, 0.25) is 0 Å².